The van der Waals surface area contributed by atoms with Crippen molar-refractivity contribution in [3.05, 3.63) is 29.3 Å². The first-order valence-corrected chi connectivity index (χ1v) is 5.74. The predicted octanol–water partition coefficient (Wildman–Crippen LogP) is 2.09. The molecule has 84 valence electrons. The summed E-state index contributed by atoms with van der Waals surface area (Å²) in [4.78, 5) is 12.3. The van der Waals surface area contributed by atoms with E-state index < -0.39 is 0 Å². The van der Waals surface area contributed by atoms with Crippen LogP contribution in [0.1, 0.15) is 5.69 Å². The number of carbonyl (C=O) groups excluding carboxylic acids is 1. The molecule has 0 spiro atoms. The number of rotatable bonds is 3. The maximum absolute atomic E-state index is 11.1. The molecule has 0 aromatic carbocycles. The Morgan fingerprint density at radius 3 is 3.06 bits per heavy atom. The van der Waals surface area contributed by atoms with Gasteiger partial charge in [-0.2, -0.15) is 5.10 Å². The van der Waals surface area contributed by atoms with Crippen molar-refractivity contribution in [3.8, 4) is 10.6 Å². The molecule has 0 aliphatic heterocycles. The van der Waals surface area contributed by atoms with Gasteiger partial charge in [-0.25, -0.2) is 0 Å². The first kappa shape index (κ1) is 10.9. The standard InChI is InChI=1S/C11H12N2O2S/c1-8-6-9(10-4-3-5-16-10)12-13(8)7-11(14)15-2/h3-6H,7H2,1-2H3. The molecule has 0 atom stereocenters. The zero-order chi connectivity index (χ0) is 11.5. The number of ether oxygens (including phenoxy) is 1. The molecular weight excluding hydrogens is 224 g/mol. The van der Waals surface area contributed by atoms with Crippen LogP contribution in [0.15, 0.2) is 23.6 Å². The van der Waals surface area contributed by atoms with Crippen LogP contribution in [0.2, 0.25) is 0 Å². The second-order valence-electron chi connectivity index (χ2n) is 3.38. The average molecular weight is 236 g/mol. The van der Waals surface area contributed by atoms with Gasteiger partial charge in [-0.1, -0.05) is 6.07 Å². The Labute approximate surface area is 97.5 Å². The van der Waals surface area contributed by atoms with Crippen LogP contribution in [0.25, 0.3) is 10.6 Å². The highest BCUT2D eigenvalue weighted by molar-refractivity contribution is 7.13. The van der Waals surface area contributed by atoms with E-state index in [1.165, 1.54) is 7.11 Å². The van der Waals surface area contributed by atoms with E-state index in [-0.39, 0.29) is 12.5 Å². The number of aryl methyl sites for hydroxylation is 1. The summed E-state index contributed by atoms with van der Waals surface area (Å²) in [5.41, 5.74) is 1.85. The summed E-state index contributed by atoms with van der Waals surface area (Å²) >= 11 is 1.63. The Morgan fingerprint density at radius 1 is 1.62 bits per heavy atom. The van der Waals surface area contributed by atoms with Crippen molar-refractivity contribution in [3.63, 3.8) is 0 Å². The summed E-state index contributed by atoms with van der Waals surface area (Å²) in [6, 6.07) is 5.96. The van der Waals surface area contributed by atoms with E-state index in [1.54, 1.807) is 16.0 Å². The molecule has 2 heterocycles. The summed E-state index contributed by atoms with van der Waals surface area (Å²) in [5.74, 6) is -0.288. The normalized spacial score (nSPS) is 10.4. The fourth-order valence-corrected chi connectivity index (χ4v) is 2.08. The number of esters is 1. The number of hydrogen-bond acceptors (Lipinski definition) is 4. The van der Waals surface area contributed by atoms with Gasteiger partial charge in [0.2, 0.25) is 0 Å². The molecule has 2 rings (SSSR count). The van der Waals surface area contributed by atoms with E-state index in [0.29, 0.717) is 0 Å². The number of methoxy groups -OCH3 is 1. The molecule has 16 heavy (non-hydrogen) atoms. The van der Waals surface area contributed by atoms with E-state index in [1.807, 2.05) is 30.5 Å². The fourth-order valence-electron chi connectivity index (χ4n) is 1.40. The van der Waals surface area contributed by atoms with Crippen LogP contribution in [0.3, 0.4) is 0 Å². The molecule has 0 aliphatic carbocycles. The number of hydrogen-bond donors (Lipinski definition) is 0. The Bertz CT molecular complexity index is 488. The molecule has 5 heteroatoms. The first-order chi connectivity index (χ1) is 7.70. The molecule has 0 unspecified atom stereocenters. The van der Waals surface area contributed by atoms with Crippen molar-refractivity contribution in [1.82, 2.24) is 9.78 Å². The van der Waals surface area contributed by atoms with Crippen LogP contribution in [0.5, 0.6) is 0 Å². The maximum atomic E-state index is 11.1. The molecule has 0 bridgehead atoms. The van der Waals surface area contributed by atoms with E-state index in [0.717, 1.165) is 16.3 Å². The second-order valence-corrected chi connectivity index (χ2v) is 4.33. The smallest absolute Gasteiger partial charge is 0.327 e. The largest absolute Gasteiger partial charge is 0.468 e. The van der Waals surface area contributed by atoms with Gasteiger partial charge in [-0.3, -0.25) is 9.48 Å². The van der Waals surface area contributed by atoms with Crippen molar-refractivity contribution < 1.29 is 9.53 Å². The summed E-state index contributed by atoms with van der Waals surface area (Å²) in [5, 5.41) is 6.37. The lowest BCUT2D eigenvalue weighted by Gasteiger charge is -2.01. The number of nitrogens with zero attached hydrogens (tertiary/aromatic N) is 2. The van der Waals surface area contributed by atoms with Gasteiger partial charge < -0.3 is 4.74 Å². The SMILES string of the molecule is COC(=O)Cn1nc(-c2cccs2)cc1C. The van der Waals surface area contributed by atoms with Crippen molar-refractivity contribution in [1.29, 1.82) is 0 Å². The molecule has 0 saturated heterocycles. The van der Waals surface area contributed by atoms with Gasteiger partial charge in [-0.05, 0) is 24.4 Å². The van der Waals surface area contributed by atoms with Gasteiger partial charge in [0.25, 0.3) is 0 Å². The zero-order valence-electron chi connectivity index (χ0n) is 9.14. The highest BCUT2D eigenvalue weighted by atomic mass is 32.1. The monoisotopic (exact) mass is 236 g/mol. The molecular formula is C11H12N2O2S. The van der Waals surface area contributed by atoms with E-state index >= 15 is 0 Å². The highest BCUT2D eigenvalue weighted by Gasteiger charge is 2.10. The lowest BCUT2D eigenvalue weighted by molar-refractivity contribution is -0.141. The molecule has 0 fully saturated rings. The number of thiophene rings is 1. The molecule has 0 N–H and O–H groups in total. The molecule has 2 aromatic heterocycles. The molecule has 0 aliphatic rings. The summed E-state index contributed by atoms with van der Waals surface area (Å²) < 4.78 is 6.27. The minimum Gasteiger partial charge on any atom is -0.468 e. The van der Waals surface area contributed by atoms with Crippen LogP contribution in [-0.4, -0.2) is 22.9 Å². The molecule has 0 amide bonds. The van der Waals surface area contributed by atoms with Gasteiger partial charge in [0, 0.05) is 5.69 Å². The zero-order valence-corrected chi connectivity index (χ0v) is 9.95. The second kappa shape index (κ2) is 4.49. The Hall–Kier alpha value is -1.62. The summed E-state index contributed by atoms with van der Waals surface area (Å²) in [6.45, 7) is 2.08. The lowest BCUT2D eigenvalue weighted by atomic mass is 10.3. The predicted molar refractivity (Wildman–Crippen MR) is 62.3 cm³/mol. The van der Waals surface area contributed by atoms with Crippen LogP contribution < -0.4 is 0 Å². The molecule has 2 aromatic rings. The maximum Gasteiger partial charge on any atom is 0.327 e. The Kier molecular flexibility index (Phi) is 3.05. The third kappa shape index (κ3) is 2.14. The third-order valence-electron chi connectivity index (χ3n) is 2.26. The minimum absolute atomic E-state index is 0.160. The number of aromatic nitrogens is 2. The van der Waals surface area contributed by atoms with Gasteiger partial charge in [-0.15, -0.1) is 11.3 Å². The molecule has 4 nitrogen and oxygen atoms in total. The van der Waals surface area contributed by atoms with Crippen LogP contribution in [0.4, 0.5) is 0 Å². The Morgan fingerprint density at radius 2 is 2.44 bits per heavy atom. The van der Waals surface area contributed by atoms with E-state index in [2.05, 4.69) is 9.84 Å². The topological polar surface area (TPSA) is 44.1 Å². The highest BCUT2D eigenvalue weighted by Crippen LogP contribution is 2.23. The van der Waals surface area contributed by atoms with Crippen LogP contribution >= 0.6 is 11.3 Å². The van der Waals surface area contributed by atoms with Crippen molar-refractivity contribution >= 4 is 17.3 Å². The lowest BCUT2D eigenvalue weighted by Crippen LogP contribution is -2.13. The van der Waals surface area contributed by atoms with Gasteiger partial charge in [0.15, 0.2) is 0 Å². The van der Waals surface area contributed by atoms with Crippen molar-refractivity contribution in [2.75, 3.05) is 7.11 Å². The van der Waals surface area contributed by atoms with Crippen molar-refractivity contribution in [2.24, 2.45) is 0 Å². The summed E-state index contributed by atoms with van der Waals surface area (Å²) in [6.07, 6.45) is 0. The Balaban J connectivity index is 2.25. The van der Waals surface area contributed by atoms with E-state index in [4.69, 9.17) is 0 Å². The van der Waals surface area contributed by atoms with Gasteiger partial charge in [0.05, 0.1) is 12.0 Å². The minimum atomic E-state index is -0.288. The third-order valence-corrected chi connectivity index (χ3v) is 3.15. The van der Waals surface area contributed by atoms with Crippen LogP contribution in [-0.2, 0) is 16.1 Å². The van der Waals surface area contributed by atoms with E-state index in [9.17, 15) is 4.79 Å². The summed E-state index contributed by atoms with van der Waals surface area (Å²) in [7, 11) is 1.38. The molecule has 0 saturated carbocycles. The van der Waals surface area contributed by atoms with Gasteiger partial charge in [0.1, 0.15) is 12.2 Å². The fraction of sp³-hybridized carbons (Fsp3) is 0.273. The quantitative estimate of drug-likeness (QED) is 0.766. The molecule has 0 radical (unpaired) electrons. The average Bonchev–Trinajstić information content (AvgIpc) is 2.88. The van der Waals surface area contributed by atoms with Gasteiger partial charge >= 0.3 is 5.97 Å². The first-order valence-electron chi connectivity index (χ1n) is 4.86. The van der Waals surface area contributed by atoms with Crippen molar-refractivity contribution in [2.45, 2.75) is 13.5 Å². The number of carbonyl (C=O) groups is 1. The van der Waals surface area contributed by atoms with Crippen LogP contribution in [0, 0.1) is 6.92 Å².